The van der Waals surface area contributed by atoms with Gasteiger partial charge in [-0.15, -0.1) is 0 Å². The summed E-state index contributed by atoms with van der Waals surface area (Å²) in [5.41, 5.74) is 7.31. The lowest BCUT2D eigenvalue weighted by Gasteiger charge is -2.25. The van der Waals surface area contributed by atoms with Crippen molar-refractivity contribution in [3.63, 3.8) is 0 Å². The number of benzene rings is 3. The lowest BCUT2D eigenvalue weighted by atomic mass is 10.1. The van der Waals surface area contributed by atoms with E-state index in [-0.39, 0.29) is 5.56 Å². The number of carbonyl (C=O) groups excluding carboxylic acids is 3. The predicted octanol–water partition coefficient (Wildman–Crippen LogP) is 2.56. The molecule has 0 aromatic heterocycles. The lowest BCUT2D eigenvalue weighted by molar-refractivity contribution is -0.140. The summed E-state index contributed by atoms with van der Waals surface area (Å²) in [6.07, 6.45) is 2.24. The average Bonchev–Trinajstić information content (AvgIpc) is 3.38. The molecule has 0 aliphatic heterocycles. The Morgan fingerprint density at radius 1 is 0.947 bits per heavy atom. The molecule has 0 spiro atoms. The van der Waals surface area contributed by atoms with Crippen LogP contribution in [0.1, 0.15) is 50.6 Å². The number of amides is 3. The number of nitrogens with zero attached hydrogens (tertiary/aromatic N) is 1. The van der Waals surface area contributed by atoms with Gasteiger partial charge in [0, 0.05) is 43.4 Å². The molecule has 0 radical (unpaired) electrons. The summed E-state index contributed by atoms with van der Waals surface area (Å²) >= 11 is 0. The van der Waals surface area contributed by atoms with Crippen LogP contribution in [0.2, 0.25) is 0 Å². The number of hydrogen-bond donors (Lipinski definition) is 4. The van der Waals surface area contributed by atoms with Gasteiger partial charge in [0.25, 0.3) is 17.7 Å². The van der Waals surface area contributed by atoms with Gasteiger partial charge in [-0.05, 0) is 65.9 Å². The molecule has 4 N–H and O–H groups in total. The first kappa shape index (κ1) is 26.6. The fourth-order valence-corrected chi connectivity index (χ4v) is 4.55. The van der Waals surface area contributed by atoms with Gasteiger partial charge in [0.05, 0.1) is 0 Å². The SMILES string of the molecule is CNC(=O)C(C(=O)NO)N(C)C(=O)c1ccc(C#Cc2ccc(CNC3CCc4ccccc43)cc2)cc1. The summed E-state index contributed by atoms with van der Waals surface area (Å²) in [5.74, 6) is 3.95. The molecule has 4 rings (SSSR count). The predicted molar refractivity (Wildman–Crippen MR) is 143 cm³/mol. The zero-order chi connectivity index (χ0) is 27.1. The Hall–Kier alpha value is -4.45. The number of fused-ring (bicyclic) bond motifs is 1. The van der Waals surface area contributed by atoms with Crippen LogP contribution in [-0.2, 0) is 22.6 Å². The van der Waals surface area contributed by atoms with Crippen molar-refractivity contribution in [2.75, 3.05) is 14.1 Å². The molecule has 0 fully saturated rings. The second-order valence-electron chi connectivity index (χ2n) is 9.10. The zero-order valence-electron chi connectivity index (χ0n) is 21.3. The Morgan fingerprint density at radius 2 is 1.58 bits per heavy atom. The van der Waals surface area contributed by atoms with E-state index in [1.165, 1.54) is 36.3 Å². The second kappa shape index (κ2) is 12.2. The number of likely N-dealkylation sites (N-methyl/N-ethyl adjacent to an activating group) is 2. The van der Waals surface area contributed by atoms with Crippen molar-refractivity contribution in [3.8, 4) is 11.8 Å². The van der Waals surface area contributed by atoms with Crippen LogP contribution in [0, 0.1) is 11.8 Å². The van der Waals surface area contributed by atoms with Crippen molar-refractivity contribution in [1.82, 2.24) is 21.0 Å². The van der Waals surface area contributed by atoms with Gasteiger partial charge in [-0.25, -0.2) is 5.48 Å². The molecule has 8 nitrogen and oxygen atoms in total. The van der Waals surface area contributed by atoms with Gasteiger partial charge in [-0.3, -0.25) is 19.6 Å². The van der Waals surface area contributed by atoms with Gasteiger partial charge >= 0.3 is 0 Å². The smallest absolute Gasteiger partial charge is 0.275 e. The molecule has 0 bridgehead atoms. The van der Waals surface area contributed by atoms with Crippen molar-refractivity contribution in [2.45, 2.75) is 31.5 Å². The Morgan fingerprint density at radius 3 is 2.21 bits per heavy atom. The fraction of sp³-hybridized carbons (Fsp3) is 0.233. The molecule has 0 saturated carbocycles. The third kappa shape index (κ3) is 6.09. The Bertz CT molecular complexity index is 1360. The topological polar surface area (TPSA) is 111 Å². The van der Waals surface area contributed by atoms with E-state index >= 15 is 0 Å². The molecule has 0 heterocycles. The number of nitrogens with one attached hydrogen (secondary N) is 3. The molecule has 194 valence electrons. The molecule has 3 aromatic carbocycles. The van der Waals surface area contributed by atoms with Gasteiger partial charge in [-0.2, -0.15) is 0 Å². The minimum Gasteiger partial charge on any atom is -0.357 e. The van der Waals surface area contributed by atoms with E-state index in [1.54, 1.807) is 24.3 Å². The monoisotopic (exact) mass is 510 g/mol. The van der Waals surface area contributed by atoms with E-state index in [0.29, 0.717) is 11.6 Å². The Labute approximate surface area is 222 Å². The van der Waals surface area contributed by atoms with Crippen LogP contribution in [-0.4, -0.2) is 48.0 Å². The molecule has 3 aromatic rings. The zero-order valence-corrected chi connectivity index (χ0v) is 21.3. The minimum atomic E-state index is -1.51. The quantitative estimate of drug-likeness (QED) is 0.169. The maximum absolute atomic E-state index is 12.8. The standard InChI is InChI=1S/C30H30N4O4/c1-31-28(35)27(29(36)33-38)34(2)30(37)24-15-13-21(14-16-24)8-7-20-9-11-22(12-10-20)19-32-26-18-17-23-5-3-4-6-25(23)26/h3-6,9-16,26-27,32,38H,17-19H2,1-2H3,(H,31,35)(H,33,36). The number of hydrogen-bond acceptors (Lipinski definition) is 5. The lowest BCUT2D eigenvalue weighted by Crippen LogP contribution is -2.54. The summed E-state index contributed by atoms with van der Waals surface area (Å²) in [6, 6.07) is 22.2. The van der Waals surface area contributed by atoms with Crippen LogP contribution >= 0.6 is 0 Å². The Balaban J connectivity index is 1.35. The first-order chi connectivity index (χ1) is 18.4. The van der Waals surface area contributed by atoms with Crippen LogP contribution in [0.4, 0.5) is 0 Å². The van der Waals surface area contributed by atoms with Crippen molar-refractivity contribution in [2.24, 2.45) is 0 Å². The van der Waals surface area contributed by atoms with Crippen LogP contribution < -0.4 is 16.1 Å². The van der Waals surface area contributed by atoms with E-state index in [0.717, 1.165) is 29.8 Å². The van der Waals surface area contributed by atoms with Crippen LogP contribution in [0.3, 0.4) is 0 Å². The molecule has 3 amide bonds. The van der Waals surface area contributed by atoms with E-state index in [1.807, 2.05) is 12.1 Å². The van der Waals surface area contributed by atoms with Gasteiger partial charge in [0.1, 0.15) is 0 Å². The summed E-state index contributed by atoms with van der Waals surface area (Å²) in [4.78, 5) is 37.7. The van der Waals surface area contributed by atoms with Crippen molar-refractivity contribution >= 4 is 17.7 Å². The van der Waals surface area contributed by atoms with Gasteiger partial charge < -0.3 is 15.5 Å². The summed E-state index contributed by atoms with van der Waals surface area (Å²) < 4.78 is 0. The van der Waals surface area contributed by atoms with Crippen molar-refractivity contribution in [3.05, 3.63) is 106 Å². The minimum absolute atomic E-state index is 0.277. The van der Waals surface area contributed by atoms with Crippen molar-refractivity contribution < 1.29 is 19.6 Å². The highest BCUT2D eigenvalue weighted by molar-refractivity contribution is 6.08. The number of rotatable bonds is 7. The van der Waals surface area contributed by atoms with Crippen LogP contribution in [0.25, 0.3) is 0 Å². The van der Waals surface area contributed by atoms with Crippen molar-refractivity contribution in [1.29, 1.82) is 0 Å². The highest BCUT2D eigenvalue weighted by Gasteiger charge is 2.33. The van der Waals surface area contributed by atoms with E-state index in [4.69, 9.17) is 5.21 Å². The third-order valence-electron chi connectivity index (χ3n) is 6.68. The number of aryl methyl sites for hydroxylation is 1. The normalized spacial score (nSPS) is 14.4. The first-order valence-corrected chi connectivity index (χ1v) is 12.4. The maximum Gasteiger partial charge on any atom is 0.275 e. The molecular formula is C30H30N4O4. The van der Waals surface area contributed by atoms with Gasteiger partial charge in [-0.1, -0.05) is 48.2 Å². The molecule has 8 heteroatoms. The first-order valence-electron chi connectivity index (χ1n) is 12.4. The van der Waals surface area contributed by atoms with E-state index < -0.39 is 23.8 Å². The molecule has 2 atom stereocenters. The largest absolute Gasteiger partial charge is 0.357 e. The number of carbonyl (C=O) groups is 3. The molecular weight excluding hydrogens is 480 g/mol. The Kier molecular flexibility index (Phi) is 8.54. The molecule has 2 unspecified atom stereocenters. The summed E-state index contributed by atoms with van der Waals surface area (Å²) in [6.45, 7) is 0.789. The third-order valence-corrected chi connectivity index (χ3v) is 6.68. The second-order valence-corrected chi connectivity index (χ2v) is 9.10. The highest BCUT2D eigenvalue weighted by atomic mass is 16.5. The number of hydroxylamine groups is 1. The average molecular weight is 511 g/mol. The summed E-state index contributed by atoms with van der Waals surface area (Å²) in [7, 11) is 2.66. The molecule has 0 saturated heterocycles. The van der Waals surface area contributed by atoms with Crippen LogP contribution in [0.5, 0.6) is 0 Å². The molecule has 1 aliphatic carbocycles. The van der Waals surface area contributed by atoms with E-state index in [9.17, 15) is 14.4 Å². The molecule has 38 heavy (non-hydrogen) atoms. The highest BCUT2D eigenvalue weighted by Crippen LogP contribution is 2.30. The maximum atomic E-state index is 12.8. The summed E-state index contributed by atoms with van der Waals surface area (Å²) in [5, 5.41) is 14.9. The van der Waals surface area contributed by atoms with Gasteiger partial charge in [0.15, 0.2) is 6.04 Å². The van der Waals surface area contributed by atoms with Crippen LogP contribution in [0.15, 0.2) is 72.8 Å². The van der Waals surface area contributed by atoms with Gasteiger partial charge in [0.2, 0.25) is 0 Å². The molecule has 1 aliphatic rings. The fourth-order valence-electron chi connectivity index (χ4n) is 4.55. The van der Waals surface area contributed by atoms with E-state index in [2.05, 4.69) is 58.9 Å².